The molecular formula is C21H27BrFIN4. The Morgan fingerprint density at radius 2 is 1.86 bits per heavy atom. The fourth-order valence-corrected chi connectivity index (χ4v) is 3.57. The van der Waals surface area contributed by atoms with Crippen LogP contribution < -0.4 is 10.6 Å². The van der Waals surface area contributed by atoms with Gasteiger partial charge in [-0.05, 0) is 48.2 Å². The lowest BCUT2D eigenvalue weighted by Gasteiger charge is -2.33. The van der Waals surface area contributed by atoms with Crippen LogP contribution in [-0.4, -0.2) is 37.0 Å². The summed E-state index contributed by atoms with van der Waals surface area (Å²) < 4.78 is 14.4. The number of nitrogens with one attached hydrogen (secondary N) is 2. The summed E-state index contributed by atoms with van der Waals surface area (Å²) >= 11 is 3.48. The van der Waals surface area contributed by atoms with Gasteiger partial charge in [0.15, 0.2) is 5.96 Å². The van der Waals surface area contributed by atoms with E-state index < -0.39 is 0 Å². The molecule has 1 heterocycles. The summed E-state index contributed by atoms with van der Waals surface area (Å²) in [6.07, 6.45) is 2.16. The summed E-state index contributed by atoms with van der Waals surface area (Å²) in [6, 6.07) is 15.6. The van der Waals surface area contributed by atoms with Gasteiger partial charge in [0.1, 0.15) is 5.82 Å². The molecule has 0 atom stereocenters. The Hall–Kier alpha value is -1.19. The largest absolute Gasteiger partial charge is 0.354 e. The number of piperidine rings is 1. The quantitative estimate of drug-likeness (QED) is 0.320. The van der Waals surface area contributed by atoms with E-state index >= 15 is 0 Å². The van der Waals surface area contributed by atoms with Gasteiger partial charge >= 0.3 is 0 Å². The lowest BCUT2D eigenvalue weighted by Crippen LogP contribution is -2.48. The van der Waals surface area contributed by atoms with Gasteiger partial charge in [-0.25, -0.2) is 4.39 Å². The summed E-state index contributed by atoms with van der Waals surface area (Å²) in [4.78, 5) is 6.79. The molecule has 0 unspecified atom stereocenters. The lowest BCUT2D eigenvalue weighted by molar-refractivity contribution is 0.198. The molecule has 0 aromatic heterocycles. The third-order valence-corrected chi connectivity index (χ3v) is 5.35. The Bertz CT molecular complexity index is 761. The summed E-state index contributed by atoms with van der Waals surface area (Å²) in [5.74, 6) is 0.556. The average Bonchev–Trinajstić information content (AvgIpc) is 2.68. The summed E-state index contributed by atoms with van der Waals surface area (Å²) in [6.45, 7) is 3.68. The summed E-state index contributed by atoms with van der Waals surface area (Å²) in [5.41, 5.74) is 2.25. The van der Waals surface area contributed by atoms with E-state index in [4.69, 9.17) is 0 Å². The second-order valence-corrected chi connectivity index (χ2v) is 7.79. The first kappa shape index (κ1) is 23.1. The van der Waals surface area contributed by atoms with Crippen molar-refractivity contribution in [2.24, 2.45) is 4.99 Å². The molecule has 0 bridgehead atoms. The highest BCUT2D eigenvalue weighted by atomic mass is 127. The van der Waals surface area contributed by atoms with Crippen LogP contribution in [-0.2, 0) is 13.1 Å². The number of hydrogen-bond acceptors (Lipinski definition) is 2. The second kappa shape index (κ2) is 11.7. The molecule has 2 aromatic carbocycles. The van der Waals surface area contributed by atoms with Crippen molar-refractivity contribution < 1.29 is 4.39 Å². The van der Waals surface area contributed by atoms with Gasteiger partial charge in [0.25, 0.3) is 0 Å². The maximum Gasteiger partial charge on any atom is 0.191 e. The molecule has 0 radical (unpaired) electrons. The zero-order chi connectivity index (χ0) is 19.1. The number of nitrogens with zero attached hydrogens (tertiary/aromatic N) is 2. The first-order chi connectivity index (χ1) is 13.1. The molecular weight excluding hydrogens is 534 g/mol. The molecule has 7 heteroatoms. The van der Waals surface area contributed by atoms with Gasteiger partial charge in [0.05, 0.1) is 0 Å². The predicted octanol–water partition coefficient (Wildman–Crippen LogP) is 4.54. The fourth-order valence-electron chi connectivity index (χ4n) is 3.30. The van der Waals surface area contributed by atoms with E-state index in [1.54, 1.807) is 19.2 Å². The second-order valence-electron chi connectivity index (χ2n) is 6.88. The maximum atomic E-state index is 13.3. The van der Waals surface area contributed by atoms with Crippen LogP contribution >= 0.6 is 39.9 Å². The van der Waals surface area contributed by atoms with Gasteiger partial charge < -0.3 is 10.6 Å². The van der Waals surface area contributed by atoms with E-state index in [0.29, 0.717) is 12.6 Å². The van der Waals surface area contributed by atoms with Crippen LogP contribution in [0.5, 0.6) is 0 Å². The van der Waals surface area contributed by atoms with Gasteiger partial charge in [0, 0.05) is 43.7 Å². The minimum absolute atomic E-state index is 0. The number of rotatable bonds is 5. The van der Waals surface area contributed by atoms with Gasteiger partial charge in [-0.15, -0.1) is 24.0 Å². The first-order valence-corrected chi connectivity index (χ1v) is 10.1. The Kier molecular flexibility index (Phi) is 9.67. The van der Waals surface area contributed by atoms with Crippen molar-refractivity contribution in [3.05, 3.63) is 69.9 Å². The molecule has 1 saturated heterocycles. The van der Waals surface area contributed by atoms with E-state index in [-0.39, 0.29) is 29.8 Å². The first-order valence-electron chi connectivity index (χ1n) is 9.31. The molecule has 28 heavy (non-hydrogen) atoms. The van der Waals surface area contributed by atoms with Gasteiger partial charge in [-0.2, -0.15) is 0 Å². The summed E-state index contributed by atoms with van der Waals surface area (Å²) in [5, 5.41) is 6.77. The van der Waals surface area contributed by atoms with Crippen LogP contribution in [0.15, 0.2) is 58.0 Å². The van der Waals surface area contributed by atoms with Crippen LogP contribution in [0.2, 0.25) is 0 Å². The molecule has 2 N–H and O–H groups in total. The van der Waals surface area contributed by atoms with Gasteiger partial charge in [0.2, 0.25) is 0 Å². The van der Waals surface area contributed by atoms with Crippen LogP contribution in [0, 0.1) is 5.82 Å². The van der Waals surface area contributed by atoms with Gasteiger partial charge in [-0.3, -0.25) is 9.89 Å². The Balaban J connectivity index is 0.00000280. The number of benzene rings is 2. The van der Waals surface area contributed by atoms with E-state index in [2.05, 4.69) is 60.7 Å². The molecule has 0 aliphatic carbocycles. The van der Waals surface area contributed by atoms with Crippen molar-refractivity contribution in [3.63, 3.8) is 0 Å². The van der Waals surface area contributed by atoms with Crippen LogP contribution in [0.1, 0.15) is 24.0 Å². The molecule has 1 aliphatic heterocycles. The fraction of sp³-hybridized carbons (Fsp3) is 0.381. The Morgan fingerprint density at radius 3 is 2.50 bits per heavy atom. The predicted molar refractivity (Wildman–Crippen MR) is 128 cm³/mol. The van der Waals surface area contributed by atoms with Crippen molar-refractivity contribution in [2.75, 3.05) is 20.1 Å². The van der Waals surface area contributed by atoms with Crippen molar-refractivity contribution >= 4 is 45.9 Å². The zero-order valence-corrected chi connectivity index (χ0v) is 19.9. The third kappa shape index (κ3) is 7.33. The minimum atomic E-state index is -0.213. The standard InChI is InChI=1S/C21H26BrFN4.HI/c1-24-21(25-14-17-3-2-4-19(23)13-17)26-20-9-11-27(12-10-20)15-16-5-7-18(22)8-6-16;/h2-8,13,20H,9-12,14-15H2,1H3,(H2,24,25,26);1H. The molecule has 1 fully saturated rings. The van der Waals surface area contributed by atoms with Gasteiger partial charge in [-0.1, -0.05) is 40.2 Å². The highest BCUT2D eigenvalue weighted by molar-refractivity contribution is 14.0. The number of hydrogen-bond donors (Lipinski definition) is 2. The summed E-state index contributed by atoms with van der Waals surface area (Å²) in [7, 11) is 1.77. The SMILES string of the molecule is CN=C(NCc1cccc(F)c1)NC1CCN(Cc2ccc(Br)cc2)CC1.I. The minimum Gasteiger partial charge on any atom is -0.354 e. The number of guanidine groups is 1. The number of likely N-dealkylation sites (tertiary alicyclic amines) is 1. The molecule has 1 aliphatic rings. The number of aliphatic imine (C=N–C) groups is 1. The van der Waals surface area contributed by atoms with Crippen molar-refractivity contribution in [3.8, 4) is 0 Å². The molecule has 3 rings (SSSR count). The van der Waals surface area contributed by atoms with E-state index in [0.717, 1.165) is 48.5 Å². The smallest absolute Gasteiger partial charge is 0.191 e. The lowest BCUT2D eigenvalue weighted by atomic mass is 10.0. The van der Waals surface area contributed by atoms with E-state index in [9.17, 15) is 4.39 Å². The monoisotopic (exact) mass is 560 g/mol. The third-order valence-electron chi connectivity index (χ3n) is 4.82. The zero-order valence-electron chi connectivity index (χ0n) is 16.0. The topological polar surface area (TPSA) is 39.7 Å². The molecule has 2 aromatic rings. The normalized spacial score (nSPS) is 15.8. The van der Waals surface area contributed by atoms with Crippen molar-refractivity contribution in [1.82, 2.24) is 15.5 Å². The highest BCUT2D eigenvalue weighted by Crippen LogP contribution is 2.16. The number of halogens is 3. The average molecular weight is 561 g/mol. The molecule has 152 valence electrons. The Morgan fingerprint density at radius 1 is 1.14 bits per heavy atom. The van der Waals surface area contributed by atoms with E-state index in [1.165, 1.54) is 11.6 Å². The van der Waals surface area contributed by atoms with Crippen molar-refractivity contribution in [2.45, 2.75) is 32.0 Å². The molecule has 0 amide bonds. The van der Waals surface area contributed by atoms with E-state index in [1.807, 2.05) is 6.07 Å². The molecule has 4 nitrogen and oxygen atoms in total. The maximum absolute atomic E-state index is 13.3. The molecule has 0 saturated carbocycles. The Labute approximate surface area is 192 Å². The van der Waals surface area contributed by atoms with Crippen LogP contribution in [0.3, 0.4) is 0 Å². The van der Waals surface area contributed by atoms with Crippen molar-refractivity contribution in [1.29, 1.82) is 0 Å². The molecule has 0 spiro atoms. The highest BCUT2D eigenvalue weighted by Gasteiger charge is 2.20. The van der Waals surface area contributed by atoms with Crippen LogP contribution in [0.4, 0.5) is 4.39 Å². The van der Waals surface area contributed by atoms with Crippen LogP contribution in [0.25, 0.3) is 0 Å².